The van der Waals surface area contributed by atoms with Crippen LogP contribution in [-0.2, 0) is 24.5 Å². The molecule has 2 aromatic rings. The Hall–Kier alpha value is -1.65. The number of benzene rings is 1. The summed E-state index contributed by atoms with van der Waals surface area (Å²) in [5.74, 6) is 1.43. The fourth-order valence-electron chi connectivity index (χ4n) is 1.87. The summed E-state index contributed by atoms with van der Waals surface area (Å²) in [4.78, 5) is 0. The van der Waals surface area contributed by atoms with Gasteiger partial charge in [-0.15, -0.1) is 0 Å². The van der Waals surface area contributed by atoms with E-state index in [1.165, 1.54) is 6.07 Å². The van der Waals surface area contributed by atoms with E-state index in [1.54, 1.807) is 18.2 Å². The van der Waals surface area contributed by atoms with Gasteiger partial charge in [0, 0.05) is 5.56 Å². The fourth-order valence-corrected chi connectivity index (χ4v) is 1.87. The highest BCUT2D eigenvalue weighted by molar-refractivity contribution is 5.20. The number of ether oxygens (including phenoxy) is 1. The van der Waals surface area contributed by atoms with Crippen LogP contribution in [0.1, 0.15) is 22.6 Å². The zero-order valence-electron chi connectivity index (χ0n) is 11.2. The molecule has 0 fully saturated rings. The van der Waals surface area contributed by atoms with Gasteiger partial charge < -0.3 is 14.5 Å². The number of rotatable bonds is 6. The van der Waals surface area contributed by atoms with Crippen LogP contribution in [0.2, 0.25) is 0 Å². The molecule has 0 aliphatic carbocycles. The normalized spacial score (nSPS) is 10.9. The molecule has 0 saturated carbocycles. The van der Waals surface area contributed by atoms with Gasteiger partial charge in [-0.2, -0.15) is 0 Å². The first kappa shape index (κ1) is 13.8. The SMILES string of the molecule is CNCc1oc(COCc2ccccc2F)cc1C. The van der Waals surface area contributed by atoms with Gasteiger partial charge in [-0.1, -0.05) is 18.2 Å². The lowest BCUT2D eigenvalue weighted by atomic mass is 10.2. The van der Waals surface area contributed by atoms with Crippen molar-refractivity contribution in [2.24, 2.45) is 0 Å². The van der Waals surface area contributed by atoms with Crippen LogP contribution in [0.3, 0.4) is 0 Å². The van der Waals surface area contributed by atoms with Crippen molar-refractivity contribution in [2.75, 3.05) is 7.05 Å². The number of hydrogen-bond donors (Lipinski definition) is 1. The van der Waals surface area contributed by atoms with Crippen LogP contribution in [0.15, 0.2) is 34.7 Å². The summed E-state index contributed by atoms with van der Waals surface area (Å²) in [6.45, 7) is 3.28. The molecule has 1 aromatic heterocycles. The molecule has 0 aliphatic rings. The second-order valence-electron chi connectivity index (χ2n) is 4.43. The Labute approximate surface area is 112 Å². The minimum absolute atomic E-state index is 0.242. The predicted octanol–water partition coefficient (Wildman–Crippen LogP) is 3.16. The number of halogens is 1. The molecule has 1 heterocycles. The lowest BCUT2D eigenvalue weighted by Gasteiger charge is -2.03. The van der Waals surface area contributed by atoms with Crippen LogP contribution >= 0.6 is 0 Å². The summed E-state index contributed by atoms with van der Waals surface area (Å²) < 4.78 is 24.5. The molecule has 0 spiro atoms. The van der Waals surface area contributed by atoms with Crippen LogP contribution in [0.4, 0.5) is 4.39 Å². The van der Waals surface area contributed by atoms with E-state index < -0.39 is 0 Å². The highest BCUT2D eigenvalue weighted by atomic mass is 19.1. The summed E-state index contributed by atoms with van der Waals surface area (Å²) in [5.41, 5.74) is 1.65. The lowest BCUT2D eigenvalue weighted by molar-refractivity contribution is 0.0900. The molecular formula is C15H18FNO2. The summed E-state index contributed by atoms with van der Waals surface area (Å²) in [7, 11) is 1.87. The van der Waals surface area contributed by atoms with E-state index in [-0.39, 0.29) is 12.4 Å². The van der Waals surface area contributed by atoms with Crippen molar-refractivity contribution in [3.63, 3.8) is 0 Å². The largest absolute Gasteiger partial charge is 0.462 e. The molecule has 1 N–H and O–H groups in total. The Morgan fingerprint density at radius 2 is 2.05 bits per heavy atom. The van der Waals surface area contributed by atoms with E-state index in [0.717, 1.165) is 17.1 Å². The standard InChI is InChI=1S/C15H18FNO2/c1-11-7-13(19-15(11)8-17-2)10-18-9-12-5-3-4-6-14(12)16/h3-7,17H,8-10H2,1-2H3. The monoisotopic (exact) mass is 263 g/mol. The van der Waals surface area contributed by atoms with E-state index in [9.17, 15) is 4.39 Å². The number of nitrogens with one attached hydrogen (secondary N) is 1. The average Bonchev–Trinajstić information content (AvgIpc) is 2.73. The Balaban J connectivity index is 1.89. The van der Waals surface area contributed by atoms with E-state index in [4.69, 9.17) is 9.15 Å². The molecule has 0 aliphatic heterocycles. The van der Waals surface area contributed by atoms with Crippen LogP contribution in [0.25, 0.3) is 0 Å². The van der Waals surface area contributed by atoms with Crippen LogP contribution < -0.4 is 5.32 Å². The van der Waals surface area contributed by atoms with E-state index in [1.807, 2.05) is 20.0 Å². The highest BCUT2D eigenvalue weighted by Gasteiger charge is 2.07. The zero-order valence-corrected chi connectivity index (χ0v) is 11.2. The molecule has 0 bridgehead atoms. The first-order valence-electron chi connectivity index (χ1n) is 6.24. The summed E-state index contributed by atoms with van der Waals surface area (Å²) in [6.07, 6.45) is 0. The van der Waals surface area contributed by atoms with E-state index in [0.29, 0.717) is 18.7 Å². The molecule has 0 radical (unpaired) electrons. The van der Waals surface area contributed by atoms with Gasteiger partial charge in [0.05, 0.1) is 13.2 Å². The Morgan fingerprint density at radius 1 is 1.26 bits per heavy atom. The van der Waals surface area contributed by atoms with Crippen molar-refractivity contribution >= 4 is 0 Å². The number of aryl methyl sites for hydroxylation is 1. The third-order valence-electron chi connectivity index (χ3n) is 2.87. The molecule has 4 heteroatoms. The van der Waals surface area contributed by atoms with Gasteiger partial charge in [0.25, 0.3) is 0 Å². The summed E-state index contributed by atoms with van der Waals surface area (Å²) in [6, 6.07) is 8.56. The molecular weight excluding hydrogens is 245 g/mol. The summed E-state index contributed by atoms with van der Waals surface area (Å²) >= 11 is 0. The molecule has 19 heavy (non-hydrogen) atoms. The Morgan fingerprint density at radius 3 is 2.79 bits per heavy atom. The van der Waals surface area contributed by atoms with Gasteiger partial charge in [-0.25, -0.2) is 4.39 Å². The highest BCUT2D eigenvalue weighted by Crippen LogP contribution is 2.16. The van der Waals surface area contributed by atoms with Crippen molar-refractivity contribution < 1.29 is 13.5 Å². The molecule has 0 amide bonds. The van der Waals surface area contributed by atoms with Crippen molar-refractivity contribution in [1.29, 1.82) is 0 Å². The molecule has 0 unspecified atom stereocenters. The molecule has 1 aromatic carbocycles. The van der Waals surface area contributed by atoms with Crippen LogP contribution in [0, 0.1) is 12.7 Å². The topological polar surface area (TPSA) is 34.4 Å². The molecule has 0 saturated heterocycles. The zero-order chi connectivity index (χ0) is 13.7. The van der Waals surface area contributed by atoms with Gasteiger partial charge in [0.2, 0.25) is 0 Å². The molecule has 2 rings (SSSR count). The number of hydrogen-bond acceptors (Lipinski definition) is 3. The first-order valence-corrected chi connectivity index (χ1v) is 6.24. The average molecular weight is 263 g/mol. The van der Waals surface area contributed by atoms with Gasteiger partial charge in [0.15, 0.2) is 0 Å². The maximum atomic E-state index is 13.4. The smallest absolute Gasteiger partial charge is 0.130 e. The predicted molar refractivity (Wildman–Crippen MR) is 71.1 cm³/mol. The molecule has 3 nitrogen and oxygen atoms in total. The fraction of sp³-hybridized carbons (Fsp3) is 0.333. The second kappa shape index (κ2) is 6.50. The Kier molecular flexibility index (Phi) is 4.71. The van der Waals surface area contributed by atoms with Crippen molar-refractivity contribution in [3.05, 3.63) is 58.8 Å². The quantitative estimate of drug-likeness (QED) is 0.869. The van der Waals surface area contributed by atoms with Crippen molar-refractivity contribution in [1.82, 2.24) is 5.32 Å². The molecule has 102 valence electrons. The van der Waals surface area contributed by atoms with Gasteiger partial charge >= 0.3 is 0 Å². The van der Waals surface area contributed by atoms with Gasteiger partial charge in [0.1, 0.15) is 23.9 Å². The minimum atomic E-state index is -0.242. The van der Waals surface area contributed by atoms with Crippen molar-refractivity contribution in [3.8, 4) is 0 Å². The van der Waals surface area contributed by atoms with Crippen LogP contribution in [0.5, 0.6) is 0 Å². The lowest BCUT2D eigenvalue weighted by Crippen LogP contribution is -2.04. The second-order valence-corrected chi connectivity index (χ2v) is 4.43. The number of furan rings is 1. The minimum Gasteiger partial charge on any atom is -0.462 e. The first-order chi connectivity index (χ1) is 9.20. The Bertz CT molecular complexity index is 537. The van der Waals surface area contributed by atoms with Crippen molar-refractivity contribution in [2.45, 2.75) is 26.7 Å². The van der Waals surface area contributed by atoms with Gasteiger partial charge in [-0.05, 0) is 31.7 Å². The maximum absolute atomic E-state index is 13.4. The third kappa shape index (κ3) is 3.66. The van der Waals surface area contributed by atoms with E-state index >= 15 is 0 Å². The maximum Gasteiger partial charge on any atom is 0.130 e. The third-order valence-corrected chi connectivity index (χ3v) is 2.87. The summed E-state index contributed by atoms with van der Waals surface area (Å²) in [5, 5.41) is 3.04. The molecule has 0 atom stereocenters. The van der Waals surface area contributed by atoms with E-state index in [2.05, 4.69) is 5.32 Å². The van der Waals surface area contributed by atoms with Crippen LogP contribution in [-0.4, -0.2) is 7.05 Å². The van der Waals surface area contributed by atoms with Gasteiger partial charge in [-0.3, -0.25) is 0 Å².